The molecule has 4 nitrogen and oxygen atoms in total. The van der Waals surface area contributed by atoms with E-state index in [9.17, 15) is 18.4 Å². The normalized spacial score (nSPS) is 15.0. The maximum atomic E-state index is 13.8. The van der Waals surface area contributed by atoms with Gasteiger partial charge in [0.05, 0.1) is 5.92 Å². The van der Waals surface area contributed by atoms with E-state index in [0.29, 0.717) is 36.0 Å². The van der Waals surface area contributed by atoms with E-state index in [0.717, 1.165) is 0 Å². The van der Waals surface area contributed by atoms with E-state index in [-0.39, 0.29) is 11.7 Å². The summed E-state index contributed by atoms with van der Waals surface area (Å²) in [6.07, 6.45) is 0.869. The number of rotatable bonds is 3. The molecule has 0 radical (unpaired) electrons. The second kappa shape index (κ2) is 7.95. The first-order valence-corrected chi connectivity index (χ1v) is 8.95. The third-order valence-electron chi connectivity index (χ3n) is 4.31. The van der Waals surface area contributed by atoms with Gasteiger partial charge in [-0.3, -0.25) is 9.59 Å². The van der Waals surface area contributed by atoms with Crippen molar-refractivity contribution in [1.29, 1.82) is 0 Å². The van der Waals surface area contributed by atoms with Gasteiger partial charge >= 0.3 is 5.97 Å². The second-order valence-corrected chi connectivity index (χ2v) is 6.98. The van der Waals surface area contributed by atoms with Gasteiger partial charge in [-0.1, -0.05) is 15.9 Å². The average Bonchev–Trinajstić information content (AvgIpc) is 2.64. The van der Waals surface area contributed by atoms with Crippen LogP contribution in [0.1, 0.15) is 23.2 Å². The van der Waals surface area contributed by atoms with E-state index in [1.54, 1.807) is 11.0 Å². The molecule has 0 aliphatic carbocycles. The molecule has 2 aromatic carbocycles. The summed E-state index contributed by atoms with van der Waals surface area (Å²) >= 11 is 3.14. The average molecular weight is 424 g/mol. The molecule has 2 aromatic rings. The van der Waals surface area contributed by atoms with E-state index in [1.165, 1.54) is 36.4 Å². The third-order valence-corrected chi connectivity index (χ3v) is 4.80. The summed E-state index contributed by atoms with van der Waals surface area (Å²) in [5.41, 5.74) is 0.407. The van der Waals surface area contributed by atoms with Crippen LogP contribution >= 0.6 is 15.9 Å². The molecule has 0 saturated carbocycles. The maximum absolute atomic E-state index is 13.8. The lowest BCUT2D eigenvalue weighted by Gasteiger charge is -2.31. The van der Waals surface area contributed by atoms with Gasteiger partial charge in [0.15, 0.2) is 11.6 Å². The van der Waals surface area contributed by atoms with E-state index in [2.05, 4.69) is 15.9 Å². The largest absolute Gasteiger partial charge is 0.423 e. The number of nitrogens with zero attached hydrogens (tertiary/aromatic N) is 1. The number of likely N-dealkylation sites (tertiary alicyclic amines) is 1. The first-order valence-electron chi connectivity index (χ1n) is 8.15. The Morgan fingerprint density at radius 1 is 1.04 bits per heavy atom. The predicted molar refractivity (Wildman–Crippen MR) is 94.8 cm³/mol. The maximum Gasteiger partial charge on any atom is 0.314 e. The highest BCUT2D eigenvalue weighted by Gasteiger charge is 2.29. The highest BCUT2D eigenvalue weighted by Crippen LogP contribution is 2.25. The van der Waals surface area contributed by atoms with Gasteiger partial charge in [-0.05, 0) is 55.3 Å². The summed E-state index contributed by atoms with van der Waals surface area (Å²) in [6, 6.07) is 9.57. The van der Waals surface area contributed by atoms with Crippen molar-refractivity contribution in [3.05, 3.63) is 64.1 Å². The molecule has 3 rings (SSSR count). The monoisotopic (exact) mass is 423 g/mol. The van der Waals surface area contributed by atoms with E-state index < -0.39 is 23.5 Å². The summed E-state index contributed by atoms with van der Waals surface area (Å²) in [5, 5.41) is 0. The van der Waals surface area contributed by atoms with E-state index >= 15 is 0 Å². The van der Waals surface area contributed by atoms with Crippen LogP contribution in [-0.4, -0.2) is 29.9 Å². The Morgan fingerprint density at radius 2 is 1.69 bits per heavy atom. The first-order chi connectivity index (χ1) is 12.4. The molecule has 1 heterocycles. The quantitative estimate of drug-likeness (QED) is 0.549. The number of amides is 1. The van der Waals surface area contributed by atoms with Crippen molar-refractivity contribution in [3.63, 3.8) is 0 Å². The lowest BCUT2D eigenvalue weighted by atomic mass is 9.96. The van der Waals surface area contributed by atoms with E-state index in [1.807, 2.05) is 0 Å². The molecule has 1 aliphatic rings. The number of hydrogen-bond acceptors (Lipinski definition) is 3. The number of benzene rings is 2. The number of carbonyl (C=O) groups is 2. The third kappa shape index (κ3) is 4.27. The van der Waals surface area contributed by atoms with Gasteiger partial charge in [0, 0.05) is 23.1 Å². The van der Waals surface area contributed by atoms with Gasteiger partial charge in [0.25, 0.3) is 5.91 Å². The molecule has 1 amide bonds. The number of esters is 1. The molecule has 1 aliphatic heterocycles. The SMILES string of the molecule is O=C(Oc1ccc(Br)cc1F)C1CCN(C(=O)c2ccc(F)cc2)CC1. The molecule has 0 aromatic heterocycles. The molecular formula is C19H16BrF2NO3. The number of carbonyl (C=O) groups excluding carboxylic acids is 2. The predicted octanol–water partition coefficient (Wildman–Crippen LogP) is 4.19. The molecule has 7 heteroatoms. The summed E-state index contributed by atoms with van der Waals surface area (Å²) in [4.78, 5) is 26.3. The molecule has 0 unspecified atom stereocenters. The fourth-order valence-electron chi connectivity index (χ4n) is 2.84. The van der Waals surface area contributed by atoms with Crippen LogP contribution in [0.3, 0.4) is 0 Å². The Morgan fingerprint density at radius 3 is 2.31 bits per heavy atom. The number of ether oxygens (including phenoxy) is 1. The summed E-state index contributed by atoms with van der Waals surface area (Å²) < 4.78 is 32.4. The summed E-state index contributed by atoms with van der Waals surface area (Å²) in [6.45, 7) is 0.775. The topological polar surface area (TPSA) is 46.6 Å². The van der Waals surface area contributed by atoms with Crippen LogP contribution in [0.2, 0.25) is 0 Å². The van der Waals surface area contributed by atoms with Crippen LogP contribution < -0.4 is 4.74 Å². The van der Waals surface area contributed by atoms with Crippen molar-refractivity contribution < 1.29 is 23.1 Å². The minimum Gasteiger partial charge on any atom is -0.423 e. The molecule has 1 fully saturated rings. The summed E-state index contributed by atoms with van der Waals surface area (Å²) in [5.74, 6) is -2.21. The van der Waals surface area contributed by atoms with Crippen LogP contribution in [0.5, 0.6) is 5.75 Å². The molecule has 0 N–H and O–H groups in total. The van der Waals surface area contributed by atoms with Crippen molar-refractivity contribution in [2.24, 2.45) is 5.92 Å². The molecule has 0 atom stereocenters. The standard InChI is InChI=1S/C19H16BrF2NO3/c20-14-3-6-17(16(22)11-14)26-19(25)13-7-9-23(10-8-13)18(24)12-1-4-15(21)5-2-12/h1-6,11,13H,7-10H2. The number of halogens is 3. The van der Waals surface area contributed by atoms with Crippen molar-refractivity contribution in [3.8, 4) is 5.75 Å². The Bertz CT molecular complexity index is 818. The highest BCUT2D eigenvalue weighted by atomic mass is 79.9. The van der Waals surface area contributed by atoms with Gasteiger partial charge in [-0.15, -0.1) is 0 Å². The van der Waals surface area contributed by atoms with Crippen molar-refractivity contribution in [1.82, 2.24) is 4.90 Å². The van der Waals surface area contributed by atoms with Crippen LogP contribution in [-0.2, 0) is 4.79 Å². The van der Waals surface area contributed by atoms with Crippen LogP contribution in [0.15, 0.2) is 46.9 Å². The Kier molecular flexibility index (Phi) is 5.66. The Balaban J connectivity index is 1.56. The molecule has 1 saturated heterocycles. The minimum atomic E-state index is -0.614. The fraction of sp³-hybridized carbons (Fsp3) is 0.263. The first kappa shape index (κ1) is 18.5. The van der Waals surface area contributed by atoms with Gasteiger partial charge in [0.2, 0.25) is 0 Å². The lowest BCUT2D eigenvalue weighted by molar-refractivity contribution is -0.140. The molecule has 136 valence electrons. The zero-order valence-electron chi connectivity index (χ0n) is 13.8. The molecular weight excluding hydrogens is 408 g/mol. The lowest BCUT2D eigenvalue weighted by Crippen LogP contribution is -2.41. The number of hydrogen-bond donors (Lipinski definition) is 0. The zero-order chi connectivity index (χ0) is 18.7. The van der Waals surface area contributed by atoms with Gasteiger partial charge < -0.3 is 9.64 Å². The Hall–Kier alpha value is -2.28. The van der Waals surface area contributed by atoms with Crippen LogP contribution in [0, 0.1) is 17.6 Å². The highest BCUT2D eigenvalue weighted by molar-refractivity contribution is 9.10. The van der Waals surface area contributed by atoms with Gasteiger partial charge in [-0.25, -0.2) is 8.78 Å². The van der Waals surface area contributed by atoms with Crippen molar-refractivity contribution in [2.75, 3.05) is 13.1 Å². The van der Waals surface area contributed by atoms with E-state index in [4.69, 9.17) is 4.74 Å². The molecule has 0 spiro atoms. The van der Waals surface area contributed by atoms with Gasteiger partial charge in [0.1, 0.15) is 5.82 Å². The smallest absolute Gasteiger partial charge is 0.314 e. The molecule has 26 heavy (non-hydrogen) atoms. The Labute approximate surface area is 157 Å². The van der Waals surface area contributed by atoms with Gasteiger partial charge in [-0.2, -0.15) is 0 Å². The van der Waals surface area contributed by atoms with Crippen molar-refractivity contribution >= 4 is 27.8 Å². The van der Waals surface area contributed by atoms with Crippen LogP contribution in [0.25, 0.3) is 0 Å². The molecule has 0 bridgehead atoms. The number of piperidine rings is 1. The van der Waals surface area contributed by atoms with Crippen LogP contribution in [0.4, 0.5) is 8.78 Å². The zero-order valence-corrected chi connectivity index (χ0v) is 15.3. The van der Waals surface area contributed by atoms with Crippen molar-refractivity contribution in [2.45, 2.75) is 12.8 Å². The second-order valence-electron chi connectivity index (χ2n) is 6.07. The fourth-order valence-corrected chi connectivity index (χ4v) is 3.18. The summed E-state index contributed by atoms with van der Waals surface area (Å²) in [7, 11) is 0. The minimum absolute atomic E-state index is 0.108.